The van der Waals surface area contributed by atoms with E-state index in [9.17, 15) is 22.7 Å². The zero-order valence-corrected chi connectivity index (χ0v) is 16.5. The first-order valence-electron chi connectivity index (χ1n) is 9.80. The largest absolute Gasteiger partial charge is 0.425 e. The summed E-state index contributed by atoms with van der Waals surface area (Å²) in [5.41, 5.74) is -2.68. The molecule has 0 bridgehead atoms. The molecular formula is C25H16F4N2O. The molecule has 1 heterocycles. The molecule has 0 saturated heterocycles. The summed E-state index contributed by atoms with van der Waals surface area (Å²) in [6.07, 6.45) is -3.56. The predicted octanol–water partition coefficient (Wildman–Crippen LogP) is 6.12. The average Bonchev–Trinajstić information content (AvgIpc) is 3.21. The van der Waals surface area contributed by atoms with Crippen LogP contribution in [-0.2, 0) is 5.60 Å². The molecule has 3 nitrogen and oxygen atoms in total. The number of rotatable bonds is 3. The van der Waals surface area contributed by atoms with E-state index in [2.05, 4.69) is 5.10 Å². The Balaban J connectivity index is 1.71. The summed E-state index contributed by atoms with van der Waals surface area (Å²) < 4.78 is 58.0. The summed E-state index contributed by atoms with van der Waals surface area (Å²) in [5.74, 6) is -0.405. The van der Waals surface area contributed by atoms with Crippen molar-refractivity contribution in [3.63, 3.8) is 0 Å². The van der Waals surface area contributed by atoms with Crippen LogP contribution in [0.2, 0.25) is 0 Å². The van der Waals surface area contributed by atoms with Gasteiger partial charge in [-0.2, -0.15) is 18.3 Å². The van der Waals surface area contributed by atoms with Crippen LogP contribution in [0.3, 0.4) is 0 Å². The quantitative estimate of drug-likeness (QED) is 0.346. The number of aromatic nitrogens is 2. The standard InChI is InChI=1S/C25H16F4N2O/c26-19-9-11-20(12-10-19)31-23-13-8-18(14-17(23)15-30-31)24(32,25(27,28)29)22-7-3-5-16-4-1-2-6-21(16)22/h1-15,32H. The van der Waals surface area contributed by atoms with Crippen LogP contribution in [0.25, 0.3) is 27.4 Å². The summed E-state index contributed by atoms with van der Waals surface area (Å²) in [6.45, 7) is 0. The van der Waals surface area contributed by atoms with Gasteiger partial charge in [-0.05, 0) is 52.7 Å². The second-order valence-corrected chi connectivity index (χ2v) is 7.54. The molecule has 5 aromatic rings. The highest BCUT2D eigenvalue weighted by atomic mass is 19.4. The number of hydrogen-bond acceptors (Lipinski definition) is 2. The molecule has 160 valence electrons. The van der Waals surface area contributed by atoms with Crippen molar-refractivity contribution in [2.45, 2.75) is 11.8 Å². The Hall–Kier alpha value is -3.71. The van der Waals surface area contributed by atoms with Gasteiger partial charge in [0.1, 0.15) is 5.82 Å². The predicted molar refractivity (Wildman–Crippen MR) is 114 cm³/mol. The highest BCUT2D eigenvalue weighted by Crippen LogP contribution is 2.47. The molecule has 5 rings (SSSR count). The van der Waals surface area contributed by atoms with Crippen molar-refractivity contribution >= 4 is 21.7 Å². The Morgan fingerprint density at radius 1 is 0.781 bits per heavy atom. The van der Waals surface area contributed by atoms with Crippen LogP contribution in [0.1, 0.15) is 11.1 Å². The van der Waals surface area contributed by atoms with Crippen molar-refractivity contribution in [1.29, 1.82) is 0 Å². The summed E-state index contributed by atoms with van der Waals surface area (Å²) in [7, 11) is 0. The van der Waals surface area contributed by atoms with Crippen molar-refractivity contribution in [3.8, 4) is 5.69 Å². The van der Waals surface area contributed by atoms with Gasteiger partial charge in [-0.15, -0.1) is 0 Å². The van der Waals surface area contributed by atoms with Crippen LogP contribution in [0, 0.1) is 5.82 Å². The summed E-state index contributed by atoms with van der Waals surface area (Å²) in [5, 5.41) is 16.8. The van der Waals surface area contributed by atoms with Crippen molar-refractivity contribution < 1.29 is 22.7 Å². The van der Waals surface area contributed by atoms with Crippen LogP contribution < -0.4 is 0 Å². The molecule has 1 N–H and O–H groups in total. The SMILES string of the molecule is OC(c1ccc2c(cnn2-c2ccc(F)cc2)c1)(c1cccc2ccccc12)C(F)(F)F. The van der Waals surface area contributed by atoms with Crippen LogP contribution >= 0.6 is 0 Å². The first-order chi connectivity index (χ1) is 15.3. The van der Waals surface area contributed by atoms with Crippen LogP contribution in [0.4, 0.5) is 17.6 Å². The summed E-state index contributed by atoms with van der Waals surface area (Å²) in [6, 6.07) is 20.7. The smallest absolute Gasteiger partial charge is 0.372 e. The second-order valence-electron chi connectivity index (χ2n) is 7.54. The molecule has 0 radical (unpaired) electrons. The first kappa shape index (κ1) is 20.2. The first-order valence-corrected chi connectivity index (χ1v) is 9.80. The number of hydrogen-bond donors (Lipinski definition) is 1. The maximum Gasteiger partial charge on any atom is 0.425 e. The minimum absolute atomic E-state index is 0.242. The van der Waals surface area contributed by atoms with Gasteiger partial charge in [-0.1, -0.05) is 48.5 Å². The Bertz CT molecular complexity index is 1440. The molecule has 4 aromatic carbocycles. The van der Waals surface area contributed by atoms with Gasteiger partial charge >= 0.3 is 6.18 Å². The molecule has 0 fully saturated rings. The molecule has 0 aliphatic heterocycles. The molecule has 0 aliphatic rings. The lowest BCUT2D eigenvalue weighted by Crippen LogP contribution is -2.43. The average molecular weight is 436 g/mol. The minimum atomic E-state index is -4.97. The third-order valence-corrected chi connectivity index (χ3v) is 5.65. The monoisotopic (exact) mass is 436 g/mol. The Labute approximate surface area is 180 Å². The van der Waals surface area contributed by atoms with E-state index in [1.807, 2.05) is 0 Å². The molecular weight excluding hydrogens is 420 g/mol. The van der Waals surface area contributed by atoms with Gasteiger partial charge in [0.25, 0.3) is 0 Å². The zero-order chi connectivity index (χ0) is 22.5. The van der Waals surface area contributed by atoms with Crippen LogP contribution in [-0.4, -0.2) is 21.1 Å². The van der Waals surface area contributed by atoms with Crippen LogP contribution in [0.15, 0.2) is 91.1 Å². The number of benzene rings is 4. The van der Waals surface area contributed by atoms with Gasteiger partial charge in [0, 0.05) is 10.9 Å². The topological polar surface area (TPSA) is 38.1 Å². The minimum Gasteiger partial charge on any atom is -0.372 e. The maximum absolute atomic E-state index is 14.4. The van der Waals surface area contributed by atoms with E-state index in [1.54, 1.807) is 30.3 Å². The van der Waals surface area contributed by atoms with Crippen molar-refractivity contribution in [3.05, 3.63) is 108 Å². The Morgan fingerprint density at radius 3 is 2.25 bits per heavy atom. The molecule has 1 unspecified atom stereocenters. The van der Waals surface area contributed by atoms with Gasteiger partial charge < -0.3 is 5.11 Å². The van der Waals surface area contributed by atoms with E-state index in [1.165, 1.54) is 65.5 Å². The lowest BCUT2D eigenvalue weighted by atomic mass is 9.82. The van der Waals surface area contributed by atoms with Crippen LogP contribution in [0.5, 0.6) is 0 Å². The summed E-state index contributed by atoms with van der Waals surface area (Å²) in [4.78, 5) is 0. The van der Waals surface area contributed by atoms with Crippen molar-refractivity contribution in [2.24, 2.45) is 0 Å². The molecule has 1 aromatic heterocycles. The number of nitrogens with zero attached hydrogens (tertiary/aromatic N) is 2. The van der Waals surface area contributed by atoms with Gasteiger partial charge in [0.15, 0.2) is 0 Å². The number of fused-ring (bicyclic) bond motifs is 2. The van der Waals surface area contributed by atoms with Gasteiger partial charge in [0.2, 0.25) is 5.60 Å². The van der Waals surface area contributed by atoms with E-state index in [-0.39, 0.29) is 11.1 Å². The van der Waals surface area contributed by atoms with E-state index >= 15 is 0 Å². The highest BCUT2D eigenvalue weighted by molar-refractivity contribution is 5.88. The normalized spacial score (nSPS) is 14.0. The molecule has 1 atom stereocenters. The fourth-order valence-electron chi connectivity index (χ4n) is 4.06. The van der Waals surface area contributed by atoms with Crippen molar-refractivity contribution in [2.75, 3.05) is 0 Å². The Morgan fingerprint density at radius 2 is 1.50 bits per heavy atom. The molecule has 0 spiro atoms. The number of halogens is 4. The Kier molecular flexibility index (Phi) is 4.53. The number of aliphatic hydroxyl groups is 1. The lowest BCUT2D eigenvalue weighted by Gasteiger charge is -2.32. The number of alkyl halides is 3. The molecule has 32 heavy (non-hydrogen) atoms. The van der Waals surface area contributed by atoms with E-state index < -0.39 is 17.6 Å². The highest BCUT2D eigenvalue weighted by Gasteiger charge is 2.57. The van der Waals surface area contributed by atoms with E-state index in [0.29, 0.717) is 27.4 Å². The maximum atomic E-state index is 14.4. The summed E-state index contributed by atoms with van der Waals surface area (Å²) >= 11 is 0. The van der Waals surface area contributed by atoms with Gasteiger partial charge in [-0.25, -0.2) is 9.07 Å². The molecule has 0 aliphatic carbocycles. The lowest BCUT2D eigenvalue weighted by molar-refractivity contribution is -0.247. The third kappa shape index (κ3) is 3.05. The fourth-order valence-corrected chi connectivity index (χ4v) is 4.06. The third-order valence-electron chi connectivity index (χ3n) is 5.65. The molecule has 0 saturated carbocycles. The molecule has 7 heteroatoms. The fraction of sp³-hybridized carbons (Fsp3) is 0.0800. The molecule has 0 amide bonds. The zero-order valence-electron chi connectivity index (χ0n) is 16.5. The second kappa shape index (κ2) is 7.17. The van der Waals surface area contributed by atoms with Gasteiger partial charge in [-0.3, -0.25) is 0 Å². The van der Waals surface area contributed by atoms with Crippen molar-refractivity contribution in [1.82, 2.24) is 9.78 Å². The van der Waals surface area contributed by atoms with Gasteiger partial charge in [0.05, 0.1) is 17.4 Å². The van der Waals surface area contributed by atoms with E-state index in [0.717, 1.165) is 0 Å². The van der Waals surface area contributed by atoms with E-state index in [4.69, 9.17) is 0 Å².